The molecule has 0 aromatic carbocycles. The van der Waals surface area contributed by atoms with Crippen LogP contribution in [0.15, 0.2) is 22.5 Å². The summed E-state index contributed by atoms with van der Waals surface area (Å²) in [5.74, 6) is 0. The van der Waals surface area contributed by atoms with Gasteiger partial charge in [-0.1, -0.05) is 6.92 Å². The quantitative estimate of drug-likeness (QED) is 0.809. The molecule has 0 unspecified atom stereocenters. The number of thiophene rings is 1. The largest absolute Gasteiger partial charge is 0.330 e. The maximum Gasteiger partial charge on any atom is 0.250 e. The first kappa shape index (κ1) is 15.6. The van der Waals surface area contributed by atoms with Crippen molar-refractivity contribution in [2.24, 2.45) is 5.73 Å². The Labute approximate surface area is 126 Å². The van der Waals surface area contributed by atoms with Crippen LogP contribution in [0, 0.1) is 0 Å². The van der Waals surface area contributed by atoms with Gasteiger partial charge in [-0.25, -0.2) is 18.1 Å². The van der Waals surface area contributed by atoms with Crippen LogP contribution in [0.2, 0.25) is 0 Å². The standard InChI is InChI=1S/C12H17N3O2S3/c1-2-9-7-14-11(18-9)8-15-20(16,17)12-4-3-10(19-12)5-6-13/h3-4,7,15H,2,5-6,8,13H2,1H3. The Morgan fingerprint density at radius 1 is 1.30 bits per heavy atom. The third kappa shape index (κ3) is 3.86. The lowest BCUT2D eigenvalue weighted by Crippen LogP contribution is -2.22. The van der Waals surface area contributed by atoms with E-state index in [1.807, 2.05) is 13.0 Å². The minimum absolute atomic E-state index is 0.233. The smallest absolute Gasteiger partial charge is 0.250 e. The Balaban J connectivity index is 2.02. The second kappa shape index (κ2) is 6.77. The molecule has 0 aliphatic heterocycles. The highest BCUT2D eigenvalue weighted by molar-refractivity contribution is 7.91. The van der Waals surface area contributed by atoms with Gasteiger partial charge in [0, 0.05) is 16.0 Å². The minimum atomic E-state index is -3.46. The molecule has 0 radical (unpaired) electrons. The topological polar surface area (TPSA) is 85.1 Å². The third-order valence-corrected chi connectivity index (χ3v) is 6.84. The summed E-state index contributed by atoms with van der Waals surface area (Å²) in [5, 5.41) is 0.782. The molecule has 0 saturated carbocycles. The van der Waals surface area contributed by atoms with Crippen molar-refractivity contribution in [3.63, 3.8) is 0 Å². The van der Waals surface area contributed by atoms with Gasteiger partial charge in [-0.2, -0.15) is 0 Å². The van der Waals surface area contributed by atoms with Crippen molar-refractivity contribution >= 4 is 32.7 Å². The lowest BCUT2D eigenvalue weighted by Gasteiger charge is -2.02. The summed E-state index contributed by atoms with van der Waals surface area (Å²) in [6.45, 7) is 2.80. The molecule has 2 aromatic heterocycles. The fourth-order valence-corrected chi connectivity index (χ4v) is 4.90. The Bertz CT molecular complexity index is 661. The van der Waals surface area contributed by atoms with Crippen molar-refractivity contribution in [3.05, 3.63) is 33.1 Å². The zero-order valence-electron chi connectivity index (χ0n) is 11.1. The maximum atomic E-state index is 12.1. The van der Waals surface area contributed by atoms with Crippen LogP contribution in [0.3, 0.4) is 0 Å². The van der Waals surface area contributed by atoms with Crippen molar-refractivity contribution in [2.45, 2.75) is 30.5 Å². The number of rotatable bonds is 7. The zero-order valence-corrected chi connectivity index (χ0v) is 13.6. The van der Waals surface area contributed by atoms with Gasteiger partial charge in [-0.05, 0) is 31.5 Å². The minimum Gasteiger partial charge on any atom is -0.330 e. The van der Waals surface area contributed by atoms with Crippen LogP contribution in [0.5, 0.6) is 0 Å². The molecule has 2 heterocycles. The number of sulfonamides is 1. The van der Waals surface area contributed by atoms with E-state index in [-0.39, 0.29) is 6.54 Å². The highest BCUT2D eigenvalue weighted by atomic mass is 32.2. The van der Waals surface area contributed by atoms with Crippen LogP contribution in [0.25, 0.3) is 0 Å². The molecule has 0 aliphatic carbocycles. The van der Waals surface area contributed by atoms with Crippen molar-refractivity contribution in [2.75, 3.05) is 6.54 Å². The van der Waals surface area contributed by atoms with E-state index >= 15 is 0 Å². The number of nitrogens with one attached hydrogen (secondary N) is 1. The Morgan fingerprint density at radius 2 is 2.10 bits per heavy atom. The maximum absolute atomic E-state index is 12.1. The number of hydrogen-bond acceptors (Lipinski definition) is 6. The molecular weight excluding hydrogens is 314 g/mol. The van der Waals surface area contributed by atoms with Crippen LogP contribution < -0.4 is 10.5 Å². The van der Waals surface area contributed by atoms with Crippen molar-refractivity contribution < 1.29 is 8.42 Å². The lowest BCUT2D eigenvalue weighted by atomic mass is 10.3. The molecule has 20 heavy (non-hydrogen) atoms. The number of aromatic nitrogens is 1. The average Bonchev–Trinajstić information content (AvgIpc) is 3.06. The van der Waals surface area contributed by atoms with E-state index in [0.717, 1.165) is 21.2 Å². The molecule has 3 N–H and O–H groups in total. The van der Waals surface area contributed by atoms with E-state index < -0.39 is 10.0 Å². The number of thiazole rings is 1. The van der Waals surface area contributed by atoms with Crippen molar-refractivity contribution in [3.8, 4) is 0 Å². The van der Waals surface area contributed by atoms with E-state index in [2.05, 4.69) is 9.71 Å². The SMILES string of the molecule is CCc1cnc(CNS(=O)(=O)c2ccc(CCN)s2)s1. The Kier molecular flexibility index (Phi) is 5.28. The summed E-state index contributed by atoms with van der Waals surface area (Å²) in [7, 11) is -3.46. The van der Waals surface area contributed by atoms with Crippen LogP contribution in [0.1, 0.15) is 21.7 Å². The van der Waals surface area contributed by atoms with Gasteiger partial charge in [0.25, 0.3) is 0 Å². The lowest BCUT2D eigenvalue weighted by molar-refractivity contribution is 0.583. The molecular formula is C12H17N3O2S3. The molecule has 0 aliphatic rings. The normalized spacial score (nSPS) is 11.9. The van der Waals surface area contributed by atoms with Gasteiger partial charge in [0.1, 0.15) is 9.22 Å². The van der Waals surface area contributed by atoms with Gasteiger partial charge in [0.05, 0.1) is 6.54 Å². The predicted octanol–water partition coefficient (Wildman–Crippen LogP) is 1.75. The second-order valence-corrected chi connectivity index (χ2v) is 8.52. The van der Waals surface area contributed by atoms with E-state index in [9.17, 15) is 8.42 Å². The summed E-state index contributed by atoms with van der Waals surface area (Å²) >= 11 is 2.79. The summed E-state index contributed by atoms with van der Waals surface area (Å²) in [6, 6.07) is 3.43. The molecule has 0 bridgehead atoms. The number of aryl methyl sites for hydroxylation is 1. The third-order valence-electron chi connectivity index (χ3n) is 2.66. The highest BCUT2D eigenvalue weighted by Crippen LogP contribution is 2.22. The molecule has 2 rings (SSSR count). The molecule has 0 saturated heterocycles. The van der Waals surface area contributed by atoms with Gasteiger partial charge in [-0.3, -0.25) is 0 Å². The van der Waals surface area contributed by atoms with Gasteiger partial charge in [-0.15, -0.1) is 22.7 Å². The highest BCUT2D eigenvalue weighted by Gasteiger charge is 2.17. The summed E-state index contributed by atoms with van der Waals surface area (Å²) < 4.78 is 27.2. The van der Waals surface area contributed by atoms with E-state index in [4.69, 9.17) is 5.73 Å². The van der Waals surface area contributed by atoms with Gasteiger partial charge < -0.3 is 5.73 Å². The van der Waals surface area contributed by atoms with Crippen LogP contribution in [-0.2, 0) is 29.4 Å². The van der Waals surface area contributed by atoms with Gasteiger partial charge in [0.2, 0.25) is 10.0 Å². The number of hydrogen-bond donors (Lipinski definition) is 2. The predicted molar refractivity (Wildman–Crippen MR) is 82.6 cm³/mol. The molecule has 5 nitrogen and oxygen atoms in total. The molecule has 0 spiro atoms. The second-order valence-electron chi connectivity index (χ2n) is 4.16. The van der Waals surface area contributed by atoms with Crippen LogP contribution >= 0.6 is 22.7 Å². The first-order valence-corrected chi connectivity index (χ1v) is 9.38. The molecule has 0 amide bonds. The summed E-state index contributed by atoms with van der Waals surface area (Å²) in [4.78, 5) is 6.33. The number of nitrogens with zero attached hydrogens (tertiary/aromatic N) is 1. The van der Waals surface area contributed by atoms with Crippen molar-refractivity contribution in [1.29, 1.82) is 0 Å². The molecule has 2 aromatic rings. The van der Waals surface area contributed by atoms with E-state index in [1.54, 1.807) is 12.3 Å². The molecule has 8 heteroatoms. The van der Waals surface area contributed by atoms with Gasteiger partial charge >= 0.3 is 0 Å². The Hall–Kier alpha value is -0.800. The fourth-order valence-electron chi connectivity index (χ4n) is 1.60. The van der Waals surface area contributed by atoms with Gasteiger partial charge in [0.15, 0.2) is 0 Å². The van der Waals surface area contributed by atoms with E-state index in [1.165, 1.54) is 22.7 Å². The number of nitrogens with two attached hydrogens (primary N) is 1. The van der Waals surface area contributed by atoms with Crippen LogP contribution in [-0.4, -0.2) is 19.9 Å². The zero-order chi connectivity index (χ0) is 14.6. The fraction of sp³-hybridized carbons (Fsp3) is 0.417. The first-order chi connectivity index (χ1) is 9.55. The average molecular weight is 331 g/mol. The van der Waals surface area contributed by atoms with Crippen molar-refractivity contribution in [1.82, 2.24) is 9.71 Å². The Morgan fingerprint density at radius 3 is 2.75 bits per heavy atom. The first-order valence-electron chi connectivity index (χ1n) is 6.27. The summed E-state index contributed by atoms with van der Waals surface area (Å²) in [6.07, 6.45) is 3.41. The molecule has 110 valence electrons. The summed E-state index contributed by atoms with van der Waals surface area (Å²) in [5.41, 5.74) is 5.46. The van der Waals surface area contributed by atoms with Crippen LogP contribution in [0.4, 0.5) is 0 Å². The molecule has 0 atom stereocenters. The van der Waals surface area contributed by atoms with E-state index in [0.29, 0.717) is 17.2 Å². The monoisotopic (exact) mass is 331 g/mol. The molecule has 0 fully saturated rings.